The predicted molar refractivity (Wildman–Crippen MR) is 95.2 cm³/mol. The lowest BCUT2D eigenvalue weighted by atomic mass is 10.1. The zero-order valence-electron chi connectivity index (χ0n) is 14.9. The van der Waals surface area contributed by atoms with Crippen LogP contribution < -0.4 is 10.1 Å². The monoisotopic (exact) mass is 342 g/mol. The van der Waals surface area contributed by atoms with Crippen LogP contribution in [0, 0.1) is 0 Å². The molecule has 1 saturated carbocycles. The number of ether oxygens (including phenoxy) is 1. The Balaban J connectivity index is 1.49. The van der Waals surface area contributed by atoms with E-state index in [9.17, 15) is 4.79 Å². The van der Waals surface area contributed by atoms with Crippen molar-refractivity contribution in [3.05, 3.63) is 42.0 Å². The minimum Gasteiger partial charge on any atom is -0.490 e. The number of nitrogens with zero attached hydrogens (tertiary/aromatic N) is 3. The van der Waals surface area contributed by atoms with Gasteiger partial charge in [-0.05, 0) is 56.7 Å². The number of aromatic nitrogens is 3. The summed E-state index contributed by atoms with van der Waals surface area (Å²) in [6.45, 7) is 1.91. The SMILES string of the molecule is C[C@@H](NC(=O)CCc1cccc(OC2CCCC2)c1)c1nncn1C. The highest BCUT2D eigenvalue weighted by Gasteiger charge is 2.17. The van der Waals surface area contributed by atoms with Gasteiger partial charge in [-0.15, -0.1) is 10.2 Å². The molecule has 1 aliphatic rings. The number of amides is 1. The van der Waals surface area contributed by atoms with Crippen LogP contribution in [0.2, 0.25) is 0 Å². The first-order valence-electron chi connectivity index (χ1n) is 9.00. The van der Waals surface area contributed by atoms with Crippen LogP contribution in [0.15, 0.2) is 30.6 Å². The van der Waals surface area contributed by atoms with E-state index in [-0.39, 0.29) is 11.9 Å². The van der Waals surface area contributed by atoms with E-state index < -0.39 is 0 Å². The number of aryl methyl sites for hydroxylation is 2. The van der Waals surface area contributed by atoms with Gasteiger partial charge in [0.2, 0.25) is 5.91 Å². The number of hydrogen-bond donors (Lipinski definition) is 1. The maximum Gasteiger partial charge on any atom is 0.220 e. The third-order valence-corrected chi connectivity index (χ3v) is 4.66. The molecule has 2 aromatic rings. The van der Waals surface area contributed by atoms with Crippen LogP contribution in [0.1, 0.15) is 56.5 Å². The average Bonchev–Trinajstić information content (AvgIpc) is 3.25. The minimum absolute atomic E-state index is 0.0117. The summed E-state index contributed by atoms with van der Waals surface area (Å²) in [5.41, 5.74) is 1.12. The Bertz CT molecular complexity index is 707. The van der Waals surface area contributed by atoms with Crippen molar-refractivity contribution in [2.45, 2.75) is 57.6 Å². The molecule has 0 bridgehead atoms. The lowest BCUT2D eigenvalue weighted by Gasteiger charge is -2.14. The first-order valence-corrected chi connectivity index (χ1v) is 9.00. The largest absolute Gasteiger partial charge is 0.490 e. The van der Waals surface area contributed by atoms with Gasteiger partial charge in [0.25, 0.3) is 0 Å². The first-order chi connectivity index (χ1) is 12.1. The Hall–Kier alpha value is -2.37. The van der Waals surface area contributed by atoms with Gasteiger partial charge in [-0.1, -0.05) is 12.1 Å². The summed E-state index contributed by atoms with van der Waals surface area (Å²) in [5, 5.41) is 10.8. The van der Waals surface area contributed by atoms with E-state index in [0.717, 1.165) is 30.0 Å². The molecule has 3 rings (SSSR count). The van der Waals surface area contributed by atoms with Crippen molar-refractivity contribution in [3.63, 3.8) is 0 Å². The molecule has 1 amide bonds. The van der Waals surface area contributed by atoms with Gasteiger partial charge in [0.1, 0.15) is 12.1 Å². The minimum atomic E-state index is -0.156. The van der Waals surface area contributed by atoms with Crippen LogP contribution in [0.5, 0.6) is 5.75 Å². The van der Waals surface area contributed by atoms with Crippen LogP contribution in [0.4, 0.5) is 0 Å². The Morgan fingerprint density at radius 1 is 1.40 bits per heavy atom. The molecule has 0 unspecified atom stereocenters. The Morgan fingerprint density at radius 2 is 2.20 bits per heavy atom. The lowest BCUT2D eigenvalue weighted by Crippen LogP contribution is -2.28. The Kier molecular flexibility index (Phi) is 5.68. The molecule has 6 nitrogen and oxygen atoms in total. The van der Waals surface area contributed by atoms with Gasteiger partial charge < -0.3 is 14.6 Å². The lowest BCUT2D eigenvalue weighted by molar-refractivity contribution is -0.121. The van der Waals surface area contributed by atoms with Gasteiger partial charge in [0.05, 0.1) is 12.1 Å². The Morgan fingerprint density at radius 3 is 2.92 bits per heavy atom. The van der Waals surface area contributed by atoms with Gasteiger partial charge >= 0.3 is 0 Å². The molecule has 0 radical (unpaired) electrons. The van der Waals surface area contributed by atoms with Gasteiger partial charge in [-0.2, -0.15) is 0 Å². The van der Waals surface area contributed by atoms with Gasteiger partial charge in [0, 0.05) is 13.5 Å². The van der Waals surface area contributed by atoms with Crippen molar-refractivity contribution in [1.82, 2.24) is 20.1 Å². The molecular formula is C19H26N4O2. The molecule has 25 heavy (non-hydrogen) atoms. The van der Waals surface area contributed by atoms with Crippen molar-refractivity contribution >= 4 is 5.91 Å². The fourth-order valence-corrected chi connectivity index (χ4v) is 3.29. The standard InChI is InChI=1S/C19H26N4O2/c1-14(19-22-20-13-23(19)2)21-18(24)11-10-15-6-5-9-17(12-15)25-16-7-3-4-8-16/h5-6,9,12-14,16H,3-4,7-8,10-11H2,1-2H3,(H,21,24)/t14-/m1/s1. The number of benzene rings is 1. The molecule has 1 fully saturated rings. The molecule has 0 aliphatic heterocycles. The fourth-order valence-electron chi connectivity index (χ4n) is 3.29. The quantitative estimate of drug-likeness (QED) is 0.840. The molecule has 1 aliphatic carbocycles. The second kappa shape index (κ2) is 8.14. The van der Waals surface area contributed by atoms with Crippen molar-refractivity contribution in [2.24, 2.45) is 7.05 Å². The summed E-state index contributed by atoms with van der Waals surface area (Å²) in [4.78, 5) is 12.2. The molecule has 1 heterocycles. The summed E-state index contributed by atoms with van der Waals surface area (Å²) in [5.74, 6) is 1.68. The summed E-state index contributed by atoms with van der Waals surface area (Å²) in [6, 6.07) is 7.94. The highest BCUT2D eigenvalue weighted by Crippen LogP contribution is 2.24. The number of carbonyl (C=O) groups excluding carboxylic acids is 1. The van der Waals surface area contributed by atoms with Gasteiger partial charge in [0.15, 0.2) is 5.82 Å². The van der Waals surface area contributed by atoms with Crippen LogP contribution in [-0.2, 0) is 18.3 Å². The molecule has 6 heteroatoms. The zero-order chi connectivity index (χ0) is 17.6. The van der Waals surface area contributed by atoms with Crippen molar-refractivity contribution in [3.8, 4) is 5.75 Å². The van der Waals surface area contributed by atoms with E-state index >= 15 is 0 Å². The summed E-state index contributed by atoms with van der Waals surface area (Å²) in [7, 11) is 1.87. The van der Waals surface area contributed by atoms with Crippen LogP contribution >= 0.6 is 0 Å². The second-order valence-corrected chi connectivity index (χ2v) is 6.76. The predicted octanol–water partition coefficient (Wildman–Crippen LogP) is 2.95. The topological polar surface area (TPSA) is 69.0 Å². The molecule has 1 aromatic heterocycles. The van der Waals surface area contributed by atoms with Crippen LogP contribution in [0.25, 0.3) is 0 Å². The molecular weight excluding hydrogens is 316 g/mol. The normalized spacial score (nSPS) is 15.9. The second-order valence-electron chi connectivity index (χ2n) is 6.76. The molecule has 0 spiro atoms. The number of nitrogens with one attached hydrogen (secondary N) is 1. The van der Waals surface area contributed by atoms with E-state index in [4.69, 9.17) is 4.74 Å². The first kappa shape index (κ1) is 17.5. The maximum atomic E-state index is 12.2. The van der Waals surface area contributed by atoms with E-state index in [0.29, 0.717) is 18.9 Å². The van der Waals surface area contributed by atoms with Crippen molar-refractivity contribution in [2.75, 3.05) is 0 Å². The van der Waals surface area contributed by atoms with Crippen LogP contribution in [0.3, 0.4) is 0 Å². The summed E-state index contributed by atoms with van der Waals surface area (Å²) in [6.07, 6.45) is 7.93. The van der Waals surface area contributed by atoms with Crippen molar-refractivity contribution in [1.29, 1.82) is 0 Å². The molecule has 134 valence electrons. The van der Waals surface area contributed by atoms with Crippen LogP contribution in [-0.4, -0.2) is 26.8 Å². The van der Waals surface area contributed by atoms with Gasteiger partial charge in [-0.3, -0.25) is 4.79 Å². The van der Waals surface area contributed by atoms with E-state index in [2.05, 4.69) is 21.6 Å². The Labute approximate surface area is 148 Å². The van der Waals surface area contributed by atoms with E-state index in [1.165, 1.54) is 12.8 Å². The highest BCUT2D eigenvalue weighted by atomic mass is 16.5. The highest BCUT2D eigenvalue weighted by molar-refractivity contribution is 5.76. The van der Waals surface area contributed by atoms with Gasteiger partial charge in [-0.25, -0.2) is 0 Å². The molecule has 0 saturated heterocycles. The molecule has 1 atom stereocenters. The van der Waals surface area contributed by atoms with Crippen molar-refractivity contribution < 1.29 is 9.53 Å². The third kappa shape index (κ3) is 4.81. The smallest absolute Gasteiger partial charge is 0.220 e. The molecule has 1 aromatic carbocycles. The summed E-state index contributed by atoms with van der Waals surface area (Å²) < 4.78 is 7.85. The molecule has 1 N–H and O–H groups in total. The maximum absolute atomic E-state index is 12.2. The number of carbonyl (C=O) groups is 1. The average molecular weight is 342 g/mol. The van der Waals surface area contributed by atoms with E-state index in [1.807, 2.05) is 36.7 Å². The number of hydrogen-bond acceptors (Lipinski definition) is 4. The number of rotatable bonds is 7. The fraction of sp³-hybridized carbons (Fsp3) is 0.526. The van der Waals surface area contributed by atoms with E-state index in [1.54, 1.807) is 6.33 Å². The third-order valence-electron chi connectivity index (χ3n) is 4.66. The zero-order valence-corrected chi connectivity index (χ0v) is 14.9. The summed E-state index contributed by atoms with van der Waals surface area (Å²) >= 11 is 0.